The van der Waals surface area contributed by atoms with Gasteiger partial charge < -0.3 is 30.7 Å². The predicted octanol–water partition coefficient (Wildman–Crippen LogP) is 7.50. The van der Waals surface area contributed by atoms with Crippen LogP contribution in [0.15, 0.2) is 67.1 Å². The number of rotatable bonds is 13. The van der Waals surface area contributed by atoms with Crippen LogP contribution in [0.4, 0.5) is 15.8 Å². The molecule has 72 heavy (non-hydrogen) atoms. The minimum absolute atomic E-state index is 0.0411. The highest BCUT2D eigenvalue weighted by atomic mass is 35.5. The number of halogens is 3. The molecule has 8 aliphatic rings. The second-order valence-electron chi connectivity index (χ2n) is 21.2. The van der Waals surface area contributed by atoms with Crippen LogP contribution in [0.5, 0.6) is 0 Å². The first-order valence-corrected chi connectivity index (χ1v) is 26.4. The van der Waals surface area contributed by atoms with Crippen molar-refractivity contribution in [3.63, 3.8) is 0 Å². The maximum absolute atomic E-state index is 16.7. The first-order chi connectivity index (χ1) is 34.7. The lowest BCUT2D eigenvalue weighted by Crippen LogP contribution is -2.63. The summed E-state index contributed by atoms with van der Waals surface area (Å²) in [5, 5.41) is 16.1. The van der Waals surface area contributed by atoms with Gasteiger partial charge in [0.2, 0.25) is 29.5 Å². The molecule has 5 heterocycles. The number of likely N-dealkylation sites (N-methyl/N-ethyl adjacent to an activating group) is 1. The Labute approximate surface area is 427 Å². The van der Waals surface area contributed by atoms with Crippen LogP contribution < -0.4 is 26.6 Å². The minimum atomic E-state index is -1.31. The molecular weight excluding hydrogens is 961 g/mol. The number of aromatic nitrogens is 2. The van der Waals surface area contributed by atoms with Gasteiger partial charge in [0, 0.05) is 82.2 Å². The van der Waals surface area contributed by atoms with Gasteiger partial charge in [0.1, 0.15) is 17.3 Å². The summed E-state index contributed by atoms with van der Waals surface area (Å²) in [7, 11) is 0. The molecular formula is C54H60Cl2FN9O6. The molecule has 1 unspecified atom stereocenters. The monoisotopic (exact) mass is 1020 g/mol. The van der Waals surface area contributed by atoms with Crippen LogP contribution in [0.3, 0.4) is 0 Å². The van der Waals surface area contributed by atoms with Crippen LogP contribution in [-0.4, -0.2) is 91.0 Å². The fourth-order valence-electron chi connectivity index (χ4n) is 14.3. The highest BCUT2D eigenvalue weighted by molar-refractivity contribution is 6.31. The van der Waals surface area contributed by atoms with Crippen molar-refractivity contribution in [2.45, 2.75) is 151 Å². The molecule has 2 spiro atoms. The smallest absolute Gasteiger partial charge is 0.255 e. The van der Waals surface area contributed by atoms with Crippen molar-refractivity contribution in [3.8, 4) is 0 Å². The van der Waals surface area contributed by atoms with Gasteiger partial charge >= 0.3 is 0 Å². The Morgan fingerprint density at radius 1 is 0.917 bits per heavy atom. The number of nitrogens with zero attached hydrogens (tertiary/aromatic N) is 4. The average molecular weight is 1020 g/mol. The first-order valence-electron chi connectivity index (χ1n) is 25.7. The Morgan fingerprint density at radius 2 is 1.68 bits per heavy atom. The second-order valence-corrected chi connectivity index (χ2v) is 22.1. The van der Waals surface area contributed by atoms with E-state index in [0.29, 0.717) is 107 Å². The minimum Gasteiger partial charge on any atom is -0.379 e. The maximum Gasteiger partial charge on any atom is 0.255 e. The Kier molecular flexibility index (Phi) is 12.5. The van der Waals surface area contributed by atoms with Gasteiger partial charge in [-0.1, -0.05) is 73.7 Å². The number of imidazole rings is 1. The third kappa shape index (κ3) is 7.71. The Balaban J connectivity index is 0.726. The molecule has 4 aromatic rings. The van der Waals surface area contributed by atoms with E-state index >= 15 is 14.0 Å². The zero-order valence-electron chi connectivity index (χ0n) is 40.4. The summed E-state index contributed by atoms with van der Waals surface area (Å²) in [6, 6.07) is 14.2. The van der Waals surface area contributed by atoms with E-state index < -0.39 is 51.6 Å². The van der Waals surface area contributed by atoms with Gasteiger partial charge in [-0.3, -0.25) is 39.0 Å². The van der Waals surface area contributed by atoms with Crippen LogP contribution >= 0.6 is 23.2 Å². The van der Waals surface area contributed by atoms with Gasteiger partial charge in [-0.05, 0) is 112 Å². The highest BCUT2D eigenvalue weighted by Crippen LogP contribution is 2.67. The van der Waals surface area contributed by atoms with Crippen molar-refractivity contribution in [2.75, 3.05) is 23.7 Å². The number of hydrogen-bond acceptors (Lipinski definition) is 9. The molecule has 12 rings (SSSR count). The number of hydrogen-bond donors (Lipinski definition) is 5. The zero-order valence-corrected chi connectivity index (χ0v) is 41.9. The van der Waals surface area contributed by atoms with E-state index in [-0.39, 0.29) is 53.1 Å². The molecule has 6 amide bonds. The number of carbonyl (C=O) groups excluding carboxylic acids is 6. The van der Waals surface area contributed by atoms with Crippen LogP contribution in [0, 0.1) is 11.2 Å². The van der Waals surface area contributed by atoms with Crippen LogP contribution in [0.1, 0.15) is 135 Å². The Bertz CT molecular complexity index is 2880. The van der Waals surface area contributed by atoms with Gasteiger partial charge in [0.15, 0.2) is 0 Å². The summed E-state index contributed by atoms with van der Waals surface area (Å²) in [6.07, 6.45) is 12.8. The van der Waals surface area contributed by atoms with Crippen molar-refractivity contribution >= 4 is 70.0 Å². The SMILES string of the molecule is CCN1[C@@H](C(=O)NC23CCC(C(=O)NCCCn4cnc(CNc5cccc6c5CN(C5CCC(=O)NC5=O)C6=O)c4)(CC2)CC3)[C@H](c2cccc(Cl)c2F)[C@]2(C(=O)Nc3cc(Cl)ccc32)C12CCCCC2. The number of anilines is 2. The number of piperidine rings is 1. The lowest BCUT2D eigenvalue weighted by molar-refractivity contribution is -0.141. The van der Waals surface area contributed by atoms with Gasteiger partial charge in [0.05, 0.1) is 29.6 Å². The molecule has 3 aromatic carbocycles. The molecule has 2 bridgehead atoms. The molecule has 1 aromatic heterocycles. The van der Waals surface area contributed by atoms with E-state index in [0.717, 1.165) is 41.8 Å². The number of nitrogens with one attached hydrogen (secondary N) is 5. The van der Waals surface area contributed by atoms with Crippen LogP contribution in [0.25, 0.3) is 0 Å². The summed E-state index contributed by atoms with van der Waals surface area (Å²) in [5.74, 6) is -2.95. The van der Waals surface area contributed by atoms with Gasteiger partial charge in [0.25, 0.3) is 5.91 Å². The average Bonchev–Trinajstić information content (AvgIpc) is 4.12. The highest BCUT2D eigenvalue weighted by Gasteiger charge is 2.75. The van der Waals surface area contributed by atoms with Gasteiger partial charge in [-0.25, -0.2) is 9.37 Å². The topological polar surface area (TPSA) is 187 Å². The van der Waals surface area contributed by atoms with Crippen molar-refractivity contribution in [1.82, 2.24) is 35.3 Å². The molecule has 18 heteroatoms. The molecule has 4 aliphatic carbocycles. The van der Waals surface area contributed by atoms with E-state index in [4.69, 9.17) is 23.2 Å². The fraction of sp³-hybridized carbons (Fsp3) is 0.500. The molecule has 4 aliphatic heterocycles. The number of imide groups is 1. The molecule has 2 saturated heterocycles. The summed E-state index contributed by atoms with van der Waals surface area (Å²) in [6.45, 7) is 4.32. The number of carbonyl (C=O) groups is 6. The van der Waals surface area contributed by atoms with E-state index in [9.17, 15) is 19.2 Å². The van der Waals surface area contributed by atoms with Crippen LogP contribution in [-0.2, 0) is 49.0 Å². The zero-order chi connectivity index (χ0) is 50.2. The summed E-state index contributed by atoms with van der Waals surface area (Å²) < 4.78 is 18.7. The third-order valence-corrected chi connectivity index (χ3v) is 18.3. The Hall–Kier alpha value is -5.84. The van der Waals surface area contributed by atoms with E-state index in [1.54, 1.807) is 36.7 Å². The summed E-state index contributed by atoms with van der Waals surface area (Å²) in [4.78, 5) is 90.4. The van der Waals surface area contributed by atoms with Crippen molar-refractivity contribution in [2.24, 2.45) is 5.41 Å². The molecule has 0 radical (unpaired) electrons. The van der Waals surface area contributed by atoms with Crippen molar-refractivity contribution < 1.29 is 33.2 Å². The number of likely N-dealkylation sites (tertiary alicyclic amines) is 1. The molecule has 4 atom stereocenters. The molecule has 378 valence electrons. The normalized spacial score (nSPS) is 28.3. The quantitative estimate of drug-likeness (QED) is 0.0668. The molecule has 6 fully saturated rings. The number of amides is 6. The Morgan fingerprint density at radius 3 is 2.43 bits per heavy atom. The lowest BCUT2D eigenvalue weighted by Gasteiger charge is -2.53. The summed E-state index contributed by atoms with van der Waals surface area (Å²) >= 11 is 13.0. The van der Waals surface area contributed by atoms with Gasteiger partial charge in [-0.15, -0.1) is 0 Å². The van der Waals surface area contributed by atoms with Crippen LogP contribution in [0.2, 0.25) is 10.0 Å². The standard InChI is InChI=1S/C54H60Cl2FN9O6/c1-2-66-45(43(35-10-6-11-38(56)44(35)57)54(53(66)17-4-3-5-18-53)37-14-13-32(55)27-40(37)61-50(54)72)47(69)63-52-22-19-51(20-23-52,21-24-52)49(71)58-25-8-26-64-29-33(60-31-64)28-59-39-12-7-9-34-36(39)30-65(48(34)70)41-15-16-42(67)62-46(41)68/h6-7,9-14,27,29,31,41,43,45,59H,2-5,8,15-26,28,30H2,1H3,(H,58,71)(H,61,72)(H,63,69)(H,62,67,68)/t41?,43-,45+,51?,52?,54+/m0/s1. The van der Waals surface area contributed by atoms with Gasteiger partial charge in [-0.2, -0.15) is 0 Å². The van der Waals surface area contributed by atoms with Crippen molar-refractivity contribution in [1.29, 1.82) is 0 Å². The third-order valence-electron chi connectivity index (χ3n) is 17.7. The maximum atomic E-state index is 16.7. The fourth-order valence-corrected chi connectivity index (χ4v) is 14.7. The first kappa shape index (κ1) is 48.4. The summed E-state index contributed by atoms with van der Waals surface area (Å²) in [5.41, 5.74) is 1.34. The van der Waals surface area contributed by atoms with E-state index in [1.807, 2.05) is 35.9 Å². The largest absolute Gasteiger partial charge is 0.379 e. The van der Waals surface area contributed by atoms with E-state index in [2.05, 4.69) is 36.5 Å². The predicted molar refractivity (Wildman–Crippen MR) is 269 cm³/mol. The number of aryl methyl sites for hydroxylation is 1. The second kappa shape index (κ2) is 18.6. The number of benzene rings is 3. The molecule has 5 N–H and O–H groups in total. The lowest BCUT2D eigenvalue weighted by atomic mass is 9.55. The van der Waals surface area contributed by atoms with E-state index in [1.165, 1.54) is 11.0 Å². The van der Waals surface area contributed by atoms with Crippen molar-refractivity contribution in [3.05, 3.63) is 111 Å². The molecule has 15 nitrogen and oxygen atoms in total. The molecule has 4 saturated carbocycles. The number of fused-ring (bicyclic) bond motifs is 7.